The van der Waals surface area contributed by atoms with E-state index in [1.54, 1.807) is 11.3 Å². The van der Waals surface area contributed by atoms with Crippen LogP contribution in [0.2, 0.25) is 0 Å². The number of aromatic nitrogens is 4. The van der Waals surface area contributed by atoms with Crippen LogP contribution in [0.25, 0.3) is 0 Å². The number of likely N-dealkylation sites (N-methyl/N-ethyl adjacent to an activating group) is 1. The average molecular weight is 318 g/mol. The fourth-order valence-corrected chi connectivity index (χ4v) is 3.09. The highest BCUT2D eigenvalue weighted by Crippen LogP contribution is 2.27. The lowest BCUT2D eigenvalue weighted by molar-refractivity contribution is 0.486. The van der Waals surface area contributed by atoms with Gasteiger partial charge in [-0.25, -0.2) is 0 Å². The standard InChI is InChI=1S/C15H22N6S/c1-10-16-19-14(22-10)20(5)11-8-21(9-11)13-7-6-12(17-18-13)15(2,3)4/h6-7,11H,8-9H2,1-5H3. The molecule has 2 aromatic heterocycles. The quantitative estimate of drug-likeness (QED) is 0.865. The lowest BCUT2D eigenvalue weighted by Gasteiger charge is -2.44. The maximum absolute atomic E-state index is 4.37. The fourth-order valence-electron chi connectivity index (χ4n) is 2.37. The van der Waals surface area contributed by atoms with Crippen LogP contribution in [0, 0.1) is 6.92 Å². The van der Waals surface area contributed by atoms with Crippen LogP contribution in [0.3, 0.4) is 0 Å². The second kappa shape index (κ2) is 5.46. The Balaban J connectivity index is 1.61. The molecule has 6 nitrogen and oxygen atoms in total. The zero-order valence-corrected chi connectivity index (χ0v) is 14.6. The zero-order chi connectivity index (χ0) is 15.9. The van der Waals surface area contributed by atoms with Crippen molar-refractivity contribution in [3.05, 3.63) is 22.8 Å². The first-order chi connectivity index (χ1) is 10.3. The Labute approximate surface area is 135 Å². The van der Waals surface area contributed by atoms with E-state index in [2.05, 4.69) is 70.1 Å². The maximum atomic E-state index is 4.37. The van der Waals surface area contributed by atoms with Crippen molar-refractivity contribution in [1.29, 1.82) is 0 Å². The third kappa shape index (κ3) is 2.90. The smallest absolute Gasteiger partial charge is 0.208 e. The number of hydrogen-bond donors (Lipinski definition) is 0. The summed E-state index contributed by atoms with van der Waals surface area (Å²) in [7, 11) is 2.08. The number of aryl methyl sites for hydroxylation is 1. The van der Waals surface area contributed by atoms with Gasteiger partial charge in [0.05, 0.1) is 11.7 Å². The highest BCUT2D eigenvalue weighted by atomic mass is 32.1. The minimum absolute atomic E-state index is 0.0406. The monoisotopic (exact) mass is 318 g/mol. The number of rotatable bonds is 3. The Kier molecular flexibility index (Phi) is 3.76. The summed E-state index contributed by atoms with van der Waals surface area (Å²) in [6.07, 6.45) is 0. The van der Waals surface area contributed by atoms with Gasteiger partial charge in [0.1, 0.15) is 5.01 Å². The van der Waals surface area contributed by atoms with Crippen molar-refractivity contribution in [2.24, 2.45) is 0 Å². The second-order valence-electron chi connectivity index (χ2n) is 6.80. The van der Waals surface area contributed by atoms with Gasteiger partial charge in [-0.3, -0.25) is 0 Å². The molecule has 0 spiro atoms. The first-order valence-electron chi connectivity index (χ1n) is 7.46. The molecule has 0 unspecified atom stereocenters. The van der Waals surface area contributed by atoms with Crippen molar-refractivity contribution < 1.29 is 0 Å². The topological polar surface area (TPSA) is 58.0 Å². The summed E-state index contributed by atoms with van der Waals surface area (Å²) in [6, 6.07) is 4.60. The van der Waals surface area contributed by atoms with Crippen molar-refractivity contribution in [1.82, 2.24) is 20.4 Å². The van der Waals surface area contributed by atoms with Gasteiger partial charge in [-0.1, -0.05) is 32.1 Å². The van der Waals surface area contributed by atoms with E-state index in [1.165, 1.54) is 0 Å². The molecule has 3 heterocycles. The Bertz CT molecular complexity index is 639. The van der Waals surface area contributed by atoms with E-state index < -0.39 is 0 Å². The fraction of sp³-hybridized carbons (Fsp3) is 0.600. The molecule has 1 fully saturated rings. The SMILES string of the molecule is Cc1nnc(N(C)C2CN(c3ccc(C(C)(C)C)nn3)C2)s1. The molecule has 0 radical (unpaired) electrons. The van der Waals surface area contributed by atoms with Gasteiger partial charge in [-0.2, -0.15) is 5.10 Å². The van der Waals surface area contributed by atoms with Crippen molar-refractivity contribution in [3.8, 4) is 0 Å². The Morgan fingerprint density at radius 1 is 1.14 bits per heavy atom. The summed E-state index contributed by atoms with van der Waals surface area (Å²) >= 11 is 1.63. The molecule has 2 aromatic rings. The normalized spacial score (nSPS) is 15.8. The van der Waals surface area contributed by atoms with Crippen molar-refractivity contribution in [3.63, 3.8) is 0 Å². The minimum Gasteiger partial charge on any atom is -0.351 e. The lowest BCUT2D eigenvalue weighted by atomic mass is 9.92. The molecule has 1 aliphatic heterocycles. The predicted octanol–water partition coefficient (Wildman–Crippen LogP) is 2.26. The van der Waals surface area contributed by atoms with Gasteiger partial charge in [0.25, 0.3) is 0 Å². The summed E-state index contributed by atoms with van der Waals surface area (Å²) < 4.78 is 0. The third-order valence-electron chi connectivity index (χ3n) is 3.97. The van der Waals surface area contributed by atoms with Crippen LogP contribution < -0.4 is 9.80 Å². The van der Waals surface area contributed by atoms with Crippen molar-refractivity contribution in [2.75, 3.05) is 29.9 Å². The van der Waals surface area contributed by atoms with Crippen molar-refractivity contribution in [2.45, 2.75) is 39.2 Å². The molecule has 0 aliphatic carbocycles. The highest BCUT2D eigenvalue weighted by Gasteiger charge is 2.32. The van der Waals surface area contributed by atoms with E-state index in [1.807, 2.05) is 6.92 Å². The molecule has 1 aliphatic rings. The summed E-state index contributed by atoms with van der Waals surface area (Å²) in [5, 5.41) is 19.0. The number of hydrogen-bond acceptors (Lipinski definition) is 7. The molecule has 0 saturated carbocycles. The van der Waals surface area contributed by atoms with Gasteiger partial charge < -0.3 is 9.80 Å². The molecule has 7 heteroatoms. The van der Waals surface area contributed by atoms with Gasteiger partial charge >= 0.3 is 0 Å². The largest absolute Gasteiger partial charge is 0.351 e. The van der Waals surface area contributed by atoms with Crippen LogP contribution in [0.4, 0.5) is 10.9 Å². The zero-order valence-electron chi connectivity index (χ0n) is 13.7. The molecule has 0 atom stereocenters. The van der Waals surface area contributed by atoms with Crippen LogP contribution in [-0.4, -0.2) is 46.6 Å². The van der Waals surface area contributed by atoms with E-state index in [0.29, 0.717) is 6.04 Å². The van der Waals surface area contributed by atoms with Crippen LogP contribution in [0.5, 0.6) is 0 Å². The number of anilines is 2. The molecular weight excluding hydrogens is 296 g/mol. The molecule has 0 aromatic carbocycles. The van der Waals surface area contributed by atoms with Crippen LogP contribution >= 0.6 is 11.3 Å². The maximum Gasteiger partial charge on any atom is 0.208 e. The van der Waals surface area contributed by atoms with Crippen LogP contribution in [0.15, 0.2) is 12.1 Å². The van der Waals surface area contributed by atoms with Gasteiger partial charge in [-0.15, -0.1) is 15.3 Å². The van der Waals surface area contributed by atoms with E-state index >= 15 is 0 Å². The molecular formula is C15H22N6S. The molecule has 1 saturated heterocycles. The number of nitrogens with zero attached hydrogens (tertiary/aromatic N) is 6. The Morgan fingerprint density at radius 3 is 2.36 bits per heavy atom. The minimum atomic E-state index is 0.0406. The molecule has 0 amide bonds. The summed E-state index contributed by atoms with van der Waals surface area (Å²) in [5.74, 6) is 0.950. The van der Waals surface area contributed by atoms with Crippen LogP contribution in [-0.2, 0) is 5.41 Å². The van der Waals surface area contributed by atoms with Gasteiger partial charge in [0, 0.05) is 25.6 Å². The van der Waals surface area contributed by atoms with Gasteiger partial charge in [0.2, 0.25) is 5.13 Å². The summed E-state index contributed by atoms with van der Waals surface area (Å²) in [4.78, 5) is 4.45. The van der Waals surface area contributed by atoms with E-state index in [9.17, 15) is 0 Å². The summed E-state index contributed by atoms with van der Waals surface area (Å²) in [6.45, 7) is 10.3. The predicted molar refractivity (Wildman–Crippen MR) is 89.8 cm³/mol. The van der Waals surface area contributed by atoms with E-state index in [-0.39, 0.29) is 5.41 Å². The second-order valence-corrected chi connectivity index (χ2v) is 7.96. The van der Waals surface area contributed by atoms with Crippen LogP contribution in [0.1, 0.15) is 31.5 Å². The average Bonchev–Trinajstić information content (AvgIpc) is 2.83. The Morgan fingerprint density at radius 2 is 1.86 bits per heavy atom. The molecule has 0 N–H and O–H groups in total. The Hall–Kier alpha value is -1.76. The lowest BCUT2D eigenvalue weighted by Crippen LogP contribution is -2.59. The van der Waals surface area contributed by atoms with Gasteiger partial charge in [0.15, 0.2) is 5.82 Å². The van der Waals surface area contributed by atoms with E-state index in [4.69, 9.17) is 0 Å². The van der Waals surface area contributed by atoms with Crippen molar-refractivity contribution >= 4 is 22.3 Å². The van der Waals surface area contributed by atoms with Gasteiger partial charge in [-0.05, 0) is 19.1 Å². The molecule has 22 heavy (non-hydrogen) atoms. The molecule has 0 bridgehead atoms. The third-order valence-corrected chi connectivity index (χ3v) is 4.90. The first-order valence-corrected chi connectivity index (χ1v) is 8.28. The first kappa shape index (κ1) is 15.1. The molecule has 118 valence electrons. The summed E-state index contributed by atoms with van der Waals surface area (Å²) in [5.41, 5.74) is 1.06. The highest BCUT2D eigenvalue weighted by molar-refractivity contribution is 7.15. The molecule has 3 rings (SSSR count). The van der Waals surface area contributed by atoms with E-state index in [0.717, 1.165) is 34.7 Å².